The van der Waals surface area contributed by atoms with Crippen LogP contribution in [0.4, 0.5) is 10.5 Å². The van der Waals surface area contributed by atoms with E-state index >= 15 is 0 Å². The largest absolute Gasteiger partial charge is 0.457 e. The molecule has 3 aromatic rings. The summed E-state index contributed by atoms with van der Waals surface area (Å²) in [6, 6.07) is 23.2. The highest BCUT2D eigenvalue weighted by molar-refractivity contribution is 5.94. The minimum atomic E-state index is -0.456. The molecule has 0 fully saturated rings. The third-order valence-corrected chi connectivity index (χ3v) is 5.82. The van der Waals surface area contributed by atoms with Gasteiger partial charge in [-0.05, 0) is 80.3 Å². The summed E-state index contributed by atoms with van der Waals surface area (Å²) >= 11 is 0. The number of hydrogen-bond donors (Lipinski definition) is 1. The lowest BCUT2D eigenvalue weighted by Gasteiger charge is -2.39. The molecule has 1 aliphatic heterocycles. The van der Waals surface area contributed by atoms with Gasteiger partial charge in [0.2, 0.25) is 5.91 Å². The Balaban J connectivity index is 1.63. The van der Waals surface area contributed by atoms with Crippen molar-refractivity contribution in [3.8, 4) is 22.6 Å². The van der Waals surface area contributed by atoms with E-state index in [9.17, 15) is 9.59 Å². The highest BCUT2D eigenvalue weighted by Crippen LogP contribution is 2.40. The van der Waals surface area contributed by atoms with E-state index in [0.29, 0.717) is 6.42 Å². The zero-order valence-electron chi connectivity index (χ0n) is 19.9. The lowest BCUT2D eigenvalue weighted by atomic mass is 9.89. The lowest BCUT2D eigenvalue weighted by molar-refractivity contribution is -0.117. The van der Waals surface area contributed by atoms with Crippen LogP contribution in [-0.2, 0) is 9.53 Å². The van der Waals surface area contributed by atoms with Gasteiger partial charge in [-0.2, -0.15) is 0 Å². The minimum Gasteiger partial charge on any atom is -0.457 e. The van der Waals surface area contributed by atoms with Crippen LogP contribution in [0.25, 0.3) is 11.1 Å². The zero-order valence-corrected chi connectivity index (χ0v) is 19.9. The number of carbonyl (C=O) groups is 2. The average Bonchev–Trinajstić information content (AvgIpc) is 2.79. The summed E-state index contributed by atoms with van der Waals surface area (Å²) in [5.41, 5.74) is 3.72. The number of hydrogen-bond acceptors (Lipinski definition) is 4. The van der Waals surface area contributed by atoms with Crippen molar-refractivity contribution in [3.63, 3.8) is 0 Å². The van der Waals surface area contributed by atoms with Crippen molar-refractivity contribution < 1.29 is 19.1 Å². The van der Waals surface area contributed by atoms with Crippen LogP contribution in [0.2, 0.25) is 0 Å². The Morgan fingerprint density at radius 1 is 0.941 bits per heavy atom. The molecular weight excluding hydrogens is 428 g/mol. The van der Waals surface area contributed by atoms with Crippen molar-refractivity contribution in [2.75, 3.05) is 4.90 Å². The molecule has 1 aliphatic rings. The maximum absolute atomic E-state index is 12.4. The zero-order chi connectivity index (χ0) is 24.2. The molecule has 2 amide bonds. The van der Waals surface area contributed by atoms with Gasteiger partial charge in [-0.15, -0.1) is 0 Å². The summed E-state index contributed by atoms with van der Waals surface area (Å²) in [5.74, 6) is 1.51. The molecule has 0 aromatic heterocycles. The summed E-state index contributed by atoms with van der Waals surface area (Å²) in [6.07, 6.45) is -0.0630. The Labute approximate surface area is 200 Å². The summed E-state index contributed by atoms with van der Waals surface area (Å²) in [7, 11) is 0. The number of anilines is 1. The number of benzene rings is 3. The molecule has 0 saturated heterocycles. The monoisotopic (exact) mass is 458 g/mol. The molecule has 6 heteroatoms. The highest BCUT2D eigenvalue weighted by Gasteiger charge is 2.33. The van der Waals surface area contributed by atoms with Gasteiger partial charge in [0, 0.05) is 18.7 Å². The Kier molecular flexibility index (Phi) is 6.87. The van der Waals surface area contributed by atoms with Crippen LogP contribution >= 0.6 is 0 Å². The second-order valence-corrected chi connectivity index (χ2v) is 8.84. The van der Waals surface area contributed by atoms with E-state index in [-0.39, 0.29) is 24.1 Å². The van der Waals surface area contributed by atoms with Gasteiger partial charge in [-0.25, -0.2) is 4.79 Å². The molecule has 0 radical (unpaired) electrons. The first kappa shape index (κ1) is 23.4. The maximum Gasteiger partial charge on any atom is 0.407 e. The second-order valence-electron chi connectivity index (χ2n) is 8.84. The number of rotatable bonds is 5. The predicted octanol–water partition coefficient (Wildman–Crippen LogP) is 6.47. The molecular formula is C28H30N2O4. The highest BCUT2D eigenvalue weighted by atomic mass is 16.6. The number of nitrogens with zero attached hydrogens (tertiary/aromatic N) is 1. The van der Waals surface area contributed by atoms with Crippen molar-refractivity contribution in [3.05, 3.63) is 78.4 Å². The normalized spacial score (nSPS) is 17.1. The van der Waals surface area contributed by atoms with E-state index in [0.717, 1.165) is 33.9 Å². The number of nitrogens with one attached hydrogen (secondary N) is 1. The maximum atomic E-state index is 12.4. The summed E-state index contributed by atoms with van der Waals surface area (Å²) in [4.78, 5) is 26.6. The van der Waals surface area contributed by atoms with Gasteiger partial charge >= 0.3 is 6.09 Å². The molecule has 3 aromatic carbocycles. The van der Waals surface area contributed by atoms with E-state index in [1.807, 2.05) is 93.6 Å². The molecule has 0 bridgehead atoms. The average molecular weight is 459 g/mol. The molecule has 0 unspecified atom stereocenters. The molecule has 0 aliphatic carbocycles. The van der Waals surface area contributed by atoms with Crippen LogP contribution in [-0.4, -0.2) is 24.1 Å². The summed E-state index contributed by atoms with van der Waals surface area (Å²) in [6.45, 7) is 7.20. The topological polar surface area (TPSA) is 67.9 Å². The minimum absolute atomic E-state index is 0.0212. The third kappa shape index (κ3) is 5.22. The molecule has 0 saturated carbocycles. The van der Waals surface area contributed by atoms with E-state index in [1.54, 1.807) is 11.8 Å². The van der Waals surface area contributed by atoms with Gasteiger partial charge < -0.3 is 19.7 Å². The van der Waals surface area contributed by atoms with E-state index in [4.69, 9.17) is 9.47 Å². The SMILES string of the molecule is CC(=O)N1c2ccc(-c3ccc(Oc4ccccc4)cc3)cc2[C@H](NC(=O)OC(C)C)C[C@@H]1C. The quantitative estimate of drug-likeness (QED) is 0.476. The Morgan fingerprint density at radius 3 is 2.24 bits per heavy atom. The summed E-state index contributed by atoms with van der Waals surface area (Å²) < 4.78 is 11.2. The number of ether oxygens (including phenoxy) is 2. The number of amides is 2. The van der Waals surface area contributed by atoms with Gasteiger partial charge in [0.1, 0.15) is 11.5 Å². The fourth-order valence-corrected chi connectivity index (χ4v) is 4.39. The standard InChI is InChI=1S/C28H30N2O4/c1-18(2)33-28(32)29-26-16-19(3)30(20(4)31)27-15-12-22(17-25(26)27)21-10-13-24(14-11-21)34-23-8-6-5-7-9-23/h5-15,17-19,26H,16H2,1-4H3,(H,29,32)/t19-,26+/m0/s1. The van der Waals surface area contributed by atoms with Gasteiger partial charge in [-0.1, -0.05) is 36.4 Å². The van der Waals surface area contributed by atoms with Crippen LogP contribution in [0.5, 0.6) is 11.5 Å². The Morgan fingerprint density at radius 2 is 1.59 bits per heavy atom. The van der Waals surface area contributed by atoms with Crippen LogP contribution in [0.1, 0.15) is 45.7 Å². The third-order valence-electron chi connectivity index (χ3n) is 5.82. The van der Waals surface area contributed by atoms with Crippen LogP contribution in [0, 0.1) is 0 Å². The lowest BCUT2D eigenvalue weighted by Crippen LogP contribution is -2.45. The smallest absolute Gasteiger partial charge is 0.407 e. The van der Waals surface area contributed by atoms with Crippen molar-refractivity contribution in [1.82, 2.24) is 5.32 Å². The van der Waals surface area contributed by atoms with Crippen molar-refractivity contribution in [1.29, 1.82) is 0 Å². The van der Waals surface area contributed by atoms with Crippen LogP contribution in [0.15, 0.2) is 72.8 Å². The summed E-state index contributed by atoms with van der Waals surface area (Å²) in [5, 5.41) is 2.99. The van der Waals surface area contributed by atoms with Gasteiger partial charge in [-0.3, -0.25) is 4.79 Å². The van der Waals surface area contributed by atoms with Gasteiger partial charge in [0.05, 0.1) is 12.1 Å². The molecule has 2 atom stereocenters. The Hall–Kier alpha value is -3.80. The van der Waals surface area contributed by atoms with E-state index in [1.165, 1.54) is 0 Å². The first-order chi connectivity index (χ1) is 16.3. The number of alkyl carbamates (subject to hydrolysis) is 1. The van der Waals surface area contributed by atoms with Crippen LogP contribution < -0.4 is 15.0 Å². The molecule has 1 heterocycles. The van der Waals surface area contributed by atoms with E-state index < -0.39 is 6.09 Å². The van der Waals surface area contributed by atoms with Crippen molar-refractivity contribution in [2.24, 2.45) is 0 Å². The number of para-hydroxylation sites is 1. The molecule has 6 nitrogen and oxygen atoms in total. The van der Waals surface area contributed by atoms with Gasteiger partial charge in [0.15, 0.2) is 0 Å². The predicted molar refractivity (Wildman–Crippen MR) is 133 cm³/mol. The number of carbonyl (C=O) groups excluding carboxylic acids is 2. The fraction of sp³-hybridized carbons (Fsp3) is 0.286. The number of fused-ring (bicyclic) bond motifs is 1. The first-order valence-corrected chi connectivity index (χ1v) is 11.6. The molecule has 176 valence electrons. The first-order valence-electron chi connectivity index (χ1n) is 11.6. The molecule has 0 spiro atoms. The molecule has 34 heavy (non-hydrogen) atoms. The second kappa shape index (κ2) is 10.00. The van der Waals surface area contributed by atoms with Crippen molar-refractivity contribution >= 4 is 17.7 Å². The van der Waals surface area contributed by atoms with Crippen LogP contribution in [0.3, 0.4) is 0 Å². The van der Waals surface area contributed by atoms with E-state index in [2.05, 4.69) is 5.32 Å². The fourth-order valence-electron chi connectivity index (χ4n) is 4.39. The van der Waals surface area contributed by atoms with Crippen molar-refractivity contribution in [2.45, 2.75) is 52.3 Å². The molecule has 1 N–H and O–H groups in total. The molecule has 4 rings (SSSR count). The van der Waals surface area contributed by atoms with Gasteiger partial charge in [0.25, 0.3) is 0 Å². The Bertz CT molecular complexity index is 1160.